The van der Waals surface area contributed by atoms with Crippen LogP contribution < -0.4 is 20.6 Å². The van der Waals surface area contributed by atoms with Crippen molar-refractivity contribution in [1.29, 1.82) is 0 Å². The first-order valence-corrected chi connectivity index (χ1v) is 9.30. The number of anilines is 2. The maximum Gasteiger partial charge on any atom is 0.336 e. The average molecular weight is 392 g/mol. The summed E-state index contributed by atoms with van der Waals surface area (Å²) in [5, 5.41) is 3.63. The summed E-state index contributed by atoms with van der Waals surface area (Å²) < 4.78 is 10.9. The molecule has 0 spiro atoms. The molecule has 2 aromatic carbocycles. The highest BCUT2D eigenvalue weighted by molar-refractivity contribution is 6.04. The number of carbonyl (C=O) groups is 2. The van der Waals surface area contributed by atoms with Crippen LogP contribution in [0, 0.1) is 6.92 Å². The summed E-state index contributed by atoms with van der Waals surface area (Å²) in [6.07, 6.45) is 0.195. The fourth-order valence-corrected chi connectivity index (χ4v) is 3.58. The molecule has 1 aliphatic heterocycles. The Morgan fingerprint density at radius 1 is 1.21 bits per heavy atom. The van der Waals surface area contributed by atoms with Crippen molar-refractivity contribution in [2.45, 2.75) is 26.3 Å². The van der Waals surface area contributed by atoms with Crippen molar-refractivity contribution in [2.24, 2.45) is 0 Å². The van der Waals surface area contributed by atoms with Crippen molar-refractivity contribution in [1.82, 2.24) is 0 Å². The summed E-state index contributed by atoms with van der Waals surface area (Å²) in [6, 6.07) is 13.4. The third-order valence-electron chi connectivity index (χ3n) is 4.91. The molecule has 0 saturated heterocycles. The Bertz CT molecular complexity index is 1170. The quantitative estimate of drug-likeness (QED) is 0.691. The van der Waals surface area contributed by atoms with Gasteiger partial charge in [0.05, 0.1) is 11.4 Å². The van der Waals surface area contributed by atoms with E-state index < -0.39 is 5.63 Å². The fourth-order valence-electron chi connectivity index (χ4n) is 3.58. The minimum Gasteiger partial charge on any atom is -0.484 e. The van der Waals surface area contributed by atoms with Gasteiger partial charge in [-0.3, -0.25) is 9.59 Å². The summed E-state index contributed by atoms with van der Waals surface area (Å²) in [5.74, 6) is 0.0119. The molecule has 0 saturated carbocycles. The number of aryl methyl sites for hydroxylation is 1. The van der Waals surface area contributed by atoms with Gasteiger partial charge < -0.3 is 19.4 Å². The van der Waals surface area contributed by atoms with E-state index in [0.717, 1.165) is 10.9 Å². The first kappa shape index (κ1) is 18.7. The monoisotopic (exact) mass is 392 g/mol. The molecular formula is C22H20N2O5. The van der Waals surface area contributed by atoms with E-state index in [4.69, 9.17) is 9.15 Å². The van der Waals surface area contributed by atoms with Gasteiger partial charge in [-0.15, -0.1) is 0 Å². The average Bonchev–Trinajstić information content (AvgIpc) is 2.79. The van der Waals surface area contributed by atoms with Crippen LogP contribution in [0.5, 0.6) is 5.75 Å². The molecule has 2 heterocycles. The van der Waals surface area contributed by atoms with Crippen molar-refractivity contribution in [3.05, 3.63) is 64.5 Å². The number of amides is 2. The summed E-state index contributed by atoms with van der Waals surface area (Å²) >= 11 is 0. The lowest BCUT2D eigenvalue weighted by Gasteiger charge is -2.27. The molecule has 0 radical (unpaired) electrons. The molecule has 1 aliphatic rings. The van der Waals surface area contributed by atoms with E-state index in [2.05, 4.69) is 5.32 Å². The maximum absolute atomic E-state index is 13.0. The molecular weight excluding hydrogens is 372 g/mol. The topological polar surface area (TPSA) is 88.8 Å². The van der Waals surface area contributed by atoms with Crippen molar-refractivity contribution in [3.8, 4) is 5.75 Å². The third kappa shape index (κ3) is 3.71. The van der Waals surface area contributed by atoms with E-state index in [1.54, 1.807) is 41.3 Å². The van der Waals surface area contributed by atoms with E-state index in [9.17, 15) is 14.4 Å². The van der Waals surface area contributed by atoms with Gasteiger partial charge in [-0.2, -0.15) is 0 Å². The number of nitrogens with zero attached hydrogens (tertiary/aromatic N) is 1. The summed E-state index contributed by atoms with van der Waals surface area (Å²) in [7, 11) is 0. The van der Waals surface area contributed by atoms with Gasteiger partial charge in [0, 0.05) is 30.0 Å². The Morgan fingerprint density at radius 2 is 2.00 bits per heavy atom. The Hall–Kier alpha value is -3.61. The van der Waals surface area contributed by atoms with Crippen molar-refractivity contribution in [2.75, 3.05) is 16.8 Å². The zero-order chi connectivity index (χ0) is 20.5. The highest BCUT2D eigenvalue weighted by Gasteiger charge is 2.29. The van der Waals surface area contributed by atoms with Gasteiger partial charge in [0.1, 0.15) is 11.3 Å². The minimum atomic E-state index is -0.435. The first-order chi connectivity index (χ1) is 13.9. The molecule has 1 unspecified atom stereocenters. The van der Waals surface area contributed by atoms with Crippen LogP contribution in [0.15, 0.2) is 57.7 Å². The normalized spacial score (nSPS) is 16.1. The number of hydrogen-bond acceptors (Lipinski definition) is 5. The number of hydrogen-bond donors (Lipinski definition) is 1. The van der Waals surface area contributed by atoms with Crippen LogP contribution in [0.25, 0.3) is 11.0 Å². The second-order valence-electron chi connectivity index (χ2n) is 7.08. The zero-order valence-electron chi connectivity index (χ0n) is 16.1. The van der Waals surface area contributed by atoms with Gasteiger partial charge in [-0.25, -0.2) is 4.79 Å². The van der Waals surface area contributed by atoms with Crippen LogP contribution in [0.1, 0.15) is 18.9 Å². The molecule has 1 aromatic heterocycles. The summed E-state index contributed by atoms with van der Waals surface area (Å²) in [6.45, 7) is 3.44. The van der Waals surface area contributed by atoms with E-state index in [0.29, 0.717) is 22.7 Å². The predicted molar refractivity (Wildman–Crippen MR) is 109 cm³/mol. The van der Waals surface area contributed by atoms with Gasteiger partial charge in [0.25, 0.3) is 5.91 Å². The van der Waals surface area contributed by atoms with Gasteiger partial charge in [0.2, 0.25) is 5.91 Å². The molecule has 29 heavy (non-hydrogen) atoms. The second kappa shape index (κ2) is 7.43. The molecule has 2 amide bonds. The molecule has 1 N–H and O–H groups in total. The lowest BCUT2D eigenvalue weighted by atomic mass is 10.1. The molecule has 3 aromatic rings. The Kier molecular flexibility index (Phi) is 4.80. The number of ether oxygens (including phenoxy) is 1. The fraction of sp³-hybridized carbons (Fsp3) is 0.227. The van der Waals surface area contributed by atoms with Crippen molar-refractivity contribution < 1.29 is 18.7 Å². The van der Waals surface area contributed by atoms with E-state index >= 15 is 0 Å². The lowest BCUT2D eigenvalue weighted by molar-refractivity contribution is -0.121. The molecule has 0 aliphatic carbocycles. The zero-order valence-corrected chi connectivity index (χ0v) is 16.1. The molecule has 7 heteroatoms. The molecule has 1 atom stereocenters. The SMILES string of the molecule is Cc1cc(=O)oc2cc(OCC(=O)N3c4ccccc4NC(=O)CC3C)ccc12. The Morgan fingerprint density at radius 3 is 2.83 bits per heavy atom. The highest BCUT2D eigenvalue weighted by Crippen LogP contribution is 2.31. The van der Waals surface area contributed by atoms with Gasteiger partial charge in [-0.1, -0.05) is 12.1 Å². The van der Waals surface area contributed by atoms with Crippen LogP contribution in [-0.2, 0) is 9.59 Å². The van der Waals surface area contributed by atoms with Crippen LogP contribution in [-0.4, -0.2) is 24.5 Å². The Balaban J connectivity index is 1.57. The molecule has 0 bridgehead atoms. The molecule has 0 fully saturated rings. The van der Waals surface area contributed by atoms with E-state index in [1.807, 2.05) is 19.9 Å². The number of nitrogens with one attached hydrogen (secondary N) is 1. The van der Waals surface area contributed by atoms with E-state index in [1.165, 1.54) is 6.07 Å². The summed E-state index contributed by atoms with van der Waals surface area (Å²) in [5.41, 5.74) is 2.02. The van der Waals surface area contributed by atoms with E-state index in [-0.39, 0.29) is 30.9 Å². The number of fused-ring (bicyclic) bond motifs is 2. The number of benzene rings is 2. The second-order valence-corrected chi connectivity index (χ2v) is 7.08. The Labute approximate surface area is 166 Å². The maximum atomic E-state index is 13.0. The van der Waals surface area contributed by atoms with Crippen molar-refractivity contribution in [3.63, 3.8) is 0 Å². The minimum absolute atomic E-state index is 0.138. The van der Waals surface area contributed by atoms with Crippen LogP contribution in [0.2, 0.25) is 0 Å². The van der Waals surface area contributed by atoms with Crippen molar-refractivity contribution >= 4 is 34.2 Å². The van der Waals surface area contributed by atoms with Gasteiger partial charge in [-0.05, 0) is 43.7 Å². The first-order valence-electron chi connectivity index (χ1n) is 9.30. The smallest absolute Gasteiger partial charge is 0.336 e. The van der Waals surface area contributed by atoms with Gasteiger partial charge in [0.15, 0.2) is 6.61 Å². The third-order valence-corrected chi connectivity index (χ3v) is 4.91. The summed E-state index contributed by atoms with van der Waals surface area (Å²) in [4.78, 5) is 38.2. The van der Waals surface area contributed by atoms with Crippen LogP contribution >= 0.6 is 0 Å². The lowest BCUT2D eigenvalue weighted by Crippen LogP contribution is -2.41. The van der Waals surface area contributed by atoms with Crippen LogP contribution in [0.3, 0.4) is 0 Å². The number of carbonyl (C=O) groups excluding carboxylic acids is 2. The molecule has 7 nitrogen and oxygen atoms in total. The number of rotatable bonds is 3. The predicted octanol–water partition coefficient (Wildman–Crippen LogP) is 3.24. The number of para-hydroxylation sites is 2. The van der Waals surface area contributed by atoms with Crippen LogP contribution in [0.4, 0.5) is 11.4 Å². The standard InChI is InChI=1S/C22H20N2O5/c1-13-9-22(27)29-19-11-15(7-8-16(13)19)28-12-21(26)24-14(2)10-20(25)23-17-5-3-4-6-18(17)24/h3-9,11,14H,10,12H2,1-2H3,(H,23,25). The highest BCUT2D eigenvalue weighted by atomic mass is 16.5. The van der Waals surface area contributed by atoms with Gasteiger partial charge >= 0.3 is 5.63 Å². The largest absolute Gasteiger partial charge is 0.484 e. The molecule has 4 rings (SSSR count). The molecule has 148 valence electrons.